The van der Waals surface area contributed by atoms with E-state index in [4.69, 9.17) is 4.74 Å². The van der Waals surface area contributed by atoms with E-state index in [0.29, 0.717) is 0 Å². The van der Waals surface area contributed by atoms with Gasteiger partial charge in [0.1, 0.15) is 0 Å². The Bertz CT molecular complexity index is 460. The molecular formula is C16H28IN5O. The smallest absolute Gasteiger partial charge is 0.191 e. The number of rotatable bonds is 6. The monoisotopic (exact) mass is 433 g/mol. The molecule has 0 radical (unpaired) electrons. The molecule has 0 amide bonds. The topological polar surface area (TPSA) is 61.8 Å². The molecule has 2 heterocycles. The molecule has 1 aromatic heterocycles. The van der Waals surface area contributed by atoms with E-state index in [2.05, 4.69) is 31.6 Å². The van der Waals surface area contributed by atoms with Crippen LogP contribution in [0.4, 0.5) is 0 Å². The van der Waals surface area contributed by atoms with Gasteiger partial charge in [-0.1, -0.05) is 6.07 Å². The lowest BCUT2D eigenvalue weighted by Crippen LogP contribution is -2.44. The Hall–Kier alpha value is -0.930. The summed E-state index contributed by atoms with van der Waals surface area (Å²) in [6.07, 6.45) is 2.88. The number of nitrogens with zero attached hydrogens (tertiary/aromatic N) is 3. The largest absolute Gasteiger partial charge is 0.379 e. The molecule has 0 unspecified atom stereocenters. The van der Waals surface area contributed by atoms with E-state index in [0.717, 1.165) is 64.0 Å². The van der Waals surface area contributed by atoms with Crippen molar-refractivity contribution in [1.29, 1.82) is 0 Å². The van der Waals surface area contributed by atoms with Crippen LogP contribution in [0.1, 0.15) is 11.3 Å². The highest BCUT2D eigenvalue weighted by Crippen LogP contribution is 1.99. The Balaban J connectivity index is 0.00000264. The number of ether oxygens (including phenoxy) is 1. The van der Waals surface area contributed by atoms with Crippen LogP contribution in [0.3, 0.4) is 0 Å². The molecule has 2 rings (SSSR count). The Morgan fingerprint density at radius 1 is 1.26 bits per heavy atom. The second kappa shape index (κ2) is 11.6. The number of hydrogen-bond acceptors (Lipinski definition) is 4. The lowest BCUT2D eigenvalue weighted by molar-refractivity contribution is 0.0389. The quantitative estimate of drug-likeness (QED) is 0.399. The van der Waals surface area contributed by atoms with Gasteiger partial charge >= 0.3 is 0 Å². The van der Waals surface area contributed by atoms with Crippen LogP contribution in [-0.2, 0) is 11.2 Å². The van der Waals surface area contributed by atoms with Crippen molar-refractivity contribution >= 4 is 29.9 Å². The van der Waals surface area contributed by atoms with Crippen molar-refractivity contribution in [3.8, 4) is 0 Å². The van der Waals surface area contributed by atoms with Gasteiger partial charge in [-0.3, -0.25) is 14.9 Å². The predicted molar refractivity (Wildman–Crippen MR) is 105 cm³/mol. The second-order valence-electron chi connectivity index (χ2n) is 5.44. The summed E-state index contributed by atoms with van der Waals surface area (Å²) >= 11 is 0. The molecule has 0 bridgehead atoms. The fraction of sp³-hybridized carbons (Fsp3) is 0.625. The number of halogens is 1. The second-order valence-corrected chi connectivity index (χ2v) is 5.44. The van der Waals surface area contributed by atoms with Gasteiger partial charge in [-0.25, -0.2) is 0 Å². The number of aryl methyl sites for hydroxylation is 1. The van der Waals surface area contributed by atoms with Crippen molar-refractivity contribution in [1.82, 2.24) is 20.5 Å². The van der Waals surface area contributed by atoms with Gasteiger partial charge in [0.2, 0.25) is 0 Å². The number of morpholine rings is 1. The molecule has 0 saturated carbocycles. The maximum atomic E-state index is 5.35. The highest BCUT2D eigenvalue weighted by Gasteiger charge is 2.09. The molecule has 1 saturated heterocycles. The highest BCUT2D eigenvalue weighted by atomic mass is 127. The molecule has 0 atom stereocenters. The Labute approximate surface area is 156 Å². The average Bonchev–Trinajstić information content (AvgIpc) is 2.56. The summed E-state index contributed by atoms with van der Waals surface area (Å²) in [6.45, 7) is 8.50. The van der Waals surface area contributed by atoms with Gasteiger partial charge in [0.05, 0.1) is 13.2 Å². The van der Waals surface area contributed by atoms with Crippen LogP contribution in [0.15, 0.2) is 23.3 Å². The third kappa shape index (κ3) is 7.94. The van der Waals surface area contributed by atoms with Gasteiger partial charge < -0.3 is 15.4 Å². The summed E-state index contributed by atoms with van der Waals surface area (Å²) in [5.74, 6) is 0.855. The third-order valence-corrected chi connectivity index (χ3v) is 3.73. The highest BCUT2D eigenvalue weighted by molar-refractivity contribution is 14.0. The van der Waals surface area contributed by atoms with Crippen molar-refractivity contribution in [2.75, 3.05) is 53.0 Å². The van der Waals surface area contributed by atoms with Gasteiger partial charge in [-0.05, 0) is 25.0 Å². The fourth-order valence-corrected chi connectivity index (χ4v) is 2.35. The number of hydrogen-bond donors (Lipinski definition) is 2. The van der Waals surface area contributed by atoms with Crippen LogP contribution in [-0.4, -0.2) is 68.8 Å². The third-order valence-electron chi connectivity index (χ3n) is 3.73. The maximum Gasteiger partial charge on any atom is 0.191 e. The van der Waals surface area contributed by atoms with Crippen molar-refractivity contribution in [3.05, 3.63) is 29.6 Å². The molecule has 1 fully saturated rings. The molecule has 7 heteroatoms. The van der Waals surface area contributed by atoms with Crippen LogP contribution >= 0.6 is 24.0 Å². The SMILES string of the molecule is CN=C(NCCc1ccc(C)nc1)NCCN1CCOCC1.I. The first-order chi connectivity index (χ1) is 10.8. The first kappa shape index (κ1) is 20.1. The fourth-order valence-electron chi connectivity index (χ4n) is 2.35. The number of pyridine rings is 1. The minimum absolute atomic E-state index is 0. The zero-order chi connectivity index (χ0) is 15.6. The number of aliphatic imine (C=N–C) groups is 1. The minimum Gasteiger partial charge on any atom is -0.379 e. The van der Waals surface area contributed by atoms with Gasteiger partial charge in [-0.15, -0.1) is 24.0 Å². The normalized spacial score (nSPS) is 15.8. The number of nitrogens with one attached hydrogen (secondary N) is 2. The van der Waals surface area contributed by atoms with E-state index < -0.39 is 0 Å². The maximum absolute atomic E-state index is 5.35. The van der Waals surface area contributed by atoms with Gasteiger partial charge in [0.15, 0.2) is 5.96 Å². The zero-order valence-electron chi connectivity index (χ0n) is 14.0. The molecule has 23 heavy (non-hydrogen) atoms. The first-order valence-electron chi connectivity index (χ1n) is 7.94. The van der Waals surface area contributed by atoms with E-state index in [1.807, 2.05) is 19.2 Å². The van der Waals surface area contributed by atoms with Gasteiger partial charge in [0.25, 0.3) is 0 Å². The van der Waals surface area contributed by atoms with Crippen molar-refractivity contribution in [2.24, 2.45) is 4.99 Å². The molecule has 1 aliphatic heterocycles. The van der Waals surface area contributed by atoms with Crippen LogP contribution in [0.25, 0.3) is 0 Å². The first-order valence-corrected chi connectivity index (χ1v) is 7.94. The molecule has 0 aromatic carbocycles. The molecule has 0 aliphatic carbocycles. The molecule has 1 aliphatic rings. The lowest BCUT2D eigenvalue weighted by atomic mass is 10.2. The minimum atomic E-state index is 0. The Morgan fingerprint density at radius 2 is 2.00 bits per heavy atom. The lowest BCUT2D eigenvalue weighted by Gasteiger charge is -2.26. The molecule has 2 N–H and O–H groups in total. The Kier molecular flexibility index (Phi) is 10.1. The summed E-state index contributed by atoms with van der Waals surface area (Å²) < 4.78 is 5.35. The zero-order valence-corrected chi connectivity index (χ0v) is 16.4. The van der Waals surface area contributed by atoms with Crippen molar-refractivity contribution in [2.45, 2.75) is 13.3 Å². The molecule has 1 aromatic rings. The summed E-state index contributed by atoms with van der Waals surface area (Å²) in [7, 11) is 1.80. The van der Waals surface area contributed by atoms with E-state index in [-0.39, 0.29) is 24.0 Å². The van der Waals surface area contributed by atoms with Gasteiger partial charge in [-0.2, -0.15) is 0 Å². The molecule has 0 spiro atoms. The van der Waals surface area contributed by atoms with E-state index in [9.17, 15) is 0 Å². The number of aromatic nitrogens is 1. The predicted octanol–water partition coefficient (Wildman–Crippen LogP) is 1.05. The van der Waals surface area contributed by atoms with Crippen molar-refractivity contribution in [3.63, 3.8) is 0 Å². The molecular weight excluding hydrogens is 405 g/mol. The van der Waals surface area contributed by atoms with Crippen LogP contribution < -0.4 is 10.6 Å². The van der Waals surface area contributed by atoms with Crippen LogP contribution in [0.5, 0.6) is 0 Å². The van der Waals surface area contributed by atoms with Gasteiger partial charge in [0, 0.05) is 51.7 Å². The Morgan fingerprint density at radius 3 is 2.65 bits per heavy atom. The van der Waals surface area contributed by atoms with E-state index in [1.54, 1.807) is 7.05 Å². The van der Waals surface area contributed by atoms with E-state index in [1.165, 1.54) is 5.56 Å². The average molecular weight is 433 g/mol. The van der Waals surface area contributed by atoms with E-state index >= 15 is 0 Å². The molecule has 130 valence electrons. The summed E-state index contributed by atoms with van der Waals surface area (Å²) in [5.41, 5.74) is 2.29. The standard InChI is InChI=1S/C16H27N5O.HI/c1-14-3-4-15(13-20-14)5-6-18-16(17-2)19-7-8-21-9-11-22-12-10-21;/h3-4,13H,5-12H2,1-2H3,(H2,17,18,19);1H. The summed E-state index contributed by atoms with van der Waals surface area (Å²) in [4.78, 5) is 11.0. The van der Waals surface area contributed by atoms with Crippen LogP contribution in [0, 0.1) is 6.92 Å². The summed E-state index contributed by atoms with van der Waals surface area (Å²) in [6, 6.07) is 4.17. The molecule has 6 nitrogen and oxygen atoms in total. The number of guanidine groups is 1. The summed E-state index contributed by atoms with van der Waals surface area (Å²) in [5, 5.41) is 6.69. The van der Waals surface area contributed by atoms with Crippen molar-refractivity contribution < 1.29 is 4.74 Å². The van der Waals surface area contributed by atoms with Crippen LogP contribution in [0.2, 0.25) is 0 Å².